The maximum absolute atomic E-state index is 4.04. The molecule has 1 heteroatoms. The predicted octanol–water partition coefficient (Wildman–Crippen LogP) is 4.22. The van der Waals surface area contributed by atoms with Crippen LogP contribution >= 0.6 is 0 Å². The van der Waals surface area contributed by atoms with Crippen molar-refractivity contribution in [2.24, 2.45) is 0 Å². The van der Waals surface area contributed by atoms with Crippen molar-refractivity contribution in [2.75, 3.05) is 0 Å². The summed E-state index contributed by atoms with van der Waals surface area (Å²) >= 11 is 0. The molecule has 0 fully saturated rings. The Labute approximate surface area is 107 Å². The van der Waals surface area contributed by atoms with Crippen LogP contribution in [0.5, 0.6) is 0 Å². The summed E-state index contributed by atoms with van der Waals surface area (Å²) in [4.78, 5) is 4.04. The van der Waals surface area contributed by atoms with Crippen LogP contribution in [0, 0.1) is 6.07 Å². The van der Waals surface area contributed by atoms with E-state index >= 15 is 0 Å². The monoisotopic (exact) mass is 230 g/mol. The van der Waals surface area contributed by atoms with Gasteiger partial charge in [-0.1, -0.05) is 42.5 Å². The lowest BCUT2D eigenvalue weighted by atomic mass is 10.00. The Bertz CT molecular complexity index is 575. The third kappa shape index (κ3) is 2.16. The lowest BCUT2D eigenvalue weighted by Gasteiger charge is -2.05. The van der Waals surface area contributed by atoms with E-state index in [0.29, 0.717) is 0 Å². The molecule has 0 bridgehead atoms. The highest BCUT2D eigenvalue weighted by Gasteiger charge is 2.00. The van der Waals surface area contributed by atoms with E-state index in [4.69, 9.17) is 0 Å². The Morgan fingerprint density at radius 1 is 0.722 bits per heavy atom. The van der Waals surface area contributed by atoms with Gasteiger partial charge in [0.05, 0.1) is 0 Å². The van der Waals surface area contributed by atoms with Gasteiger partial charge in [-0.2, -0.15) is 0 Å². The summed E-state index contributed by atoms with van der Waals surface area (Å²) in [7, 11) is 0. The minimum Gasteiger partial charge on any atom is -0.265 e. The van der Waals surface area contributed by atoms with Crippen LogP contribution < -0.4 is 0 Å². The van der Waals surface area contributed by atoms with E-state index in [1.54, 1.807) is 0 Å². The lowest BCUT2D eigenvalue weighted by molar-refractivity contribution is 1.33. The largest absolute Gasteiger partial charge is 0.265 e. The van der Waals surface area contributed by atoms with Crippen molar-refractivity contribution in [2.45, 2.75) is 0 Å². The molecule has 18 heavy (non-hydrogen) atoms. The number of aromatic nitrogens is 1. The fourth-order valence-corrected chi connectivity index (χ4v) is 1.97. The van der Waals surface area contributed by atoms with Gasteiger partial charge in [0.2, 0.25) is 0 Å². The van der Waals surface area contributed by atoms with Crippen LogP contribution in [0.3, 0.4) is 0 Å². The van der Waals surface area contributed by atoms with Gasteiger partial charge in [0.25, 0.3) is 0 Å². The Hall–Kier alpha value is -2.41. The first-order chi connectivity index (χ1) is 8.93. The minimum absolute atomic E-state index is 1.12. The second-order valence-electron chi connectivity index (χ2n) is 4.09. The predicted molar refractivity (Wildman–Crippen MR) is 73.9 cm³/mol. The molecule has 0 saturated heterocycles. The normalized spacial score (nSPS) is 10.2. The van der Waals surface area contributed by atoms with Gasteiger partial charge >= 0.3 is 0 Å². The summed E-state index contributed by atoms with van der Waals surface area (Å²) in [5.41, 5.74) is 4.67. The molecule has 0 N–H and O–H groups in total. The highest BCUT2D eigenvalue weighted by atomic mass is 14.6. The Morgan fingerprint density at radius 3 is 2.28 bits per heavy atom. The maximum Gasteiger partial charge on any atom is 0.0273 e. The molecular weight excluding hydrogens is 218 g/mol. The first-order valence-corrected chi connectivity index (χ1v) is 5.91. The Balaban J connectivity index is 2.05. The zero-order valence-electron chi connectivity index (χ0n) is 9.88. The van der Waals surface area contributed by atoms with Gasteiger partial charge in [-0.25, -0.2) is 0 Å². The van der Waals surface area contributed by atoms with Gasteiger partial charge in [0, 0.05) is 12.4 Å². The fraction of sp³-hybridized carbons (Fsp3) is 0. The van der Waals surface area contributed by atoms with Gasteiger partial charge in [0.1, 0.15) is 0 Å². The van der Waals surface area contributed by atoms with Crippen molar-refractivity contribution in [3.8, 4) is 22.3 Å². The Morgan fingerprint density at radius 2 is 1.50 bits per heavy atom. The van der Waals surface area contributed by atoms with E-state index in [1.807, 2.05) is 48.8 Å². The summed E-state index contributed by atoms with van der Waals surface area (Å²) in [6, 6.07) is 23.8. The first-order valence-electron chi connectivity index (χ1n) is 5.91. The zero-order chi connectivity index (χ0) is 12.2. The van der Waals surface area contributed by atoms with Crippen LogP contribution in [-0.2, 0) is 0 Å². The molecule has 0 saturated carbocycles. The van der Waals surface area contributed by atoms with Gasteiger partial charge in [-0.3, -0.25) is 4.98 Å². The summed E-state index contributed by atoms with van der Waals surface area (Å²) in [6.45, 7) is 0. The molecule has 0 aliphatic carbocycles. The molecule has 1 heterocycles. The van der Waals surface area contributed by atoms with Crippen molar-refractivity contribution < 1.29 is 0 Å². The van der Waals surface area contributed by atoms with Gasteiger partial charge in [0.15, 0.2) is 0 Å². The van der Waals surface area contributed by atoms with E-state index < -0.39 is 0 Å². The second kappa shape index (κ2) is 4.84. The maximum atomic E-state index is 4.04. The summed E-state index contributed by atoms with van der Waals surface area (Å²) in [5.74, 6) is 0. The molecular formula is C17H12N. The molecule has 1 radical (unpaired) electrons. The SMILES string of the molecule is [c]1ccc(-c2ccncc2)cc1-c1ccccc1. The zero-order valence-corrected chi connectivity index (χ0v) is 9.88. The van der Waals surface area contributed by atoms with E-state index in [2.05, 4.69) is 35.3 Å². The summed E-state index contributed by atoms with van der Waals surface area (Å²) < 4.78 is 0. The van der Waals surface area contributed by atoms with Crippen molar-refractivity contribution in [1.29, 1.82) is 0 Å². The summed E-state index contributed by atoms with van der Waals surface area (Å²) in [6.07, 6.45) is 3.63. The third-order valence-electron chi connectivity index (χ3n) is 2.90. The highest BCUT2D eigenvalue weighted by molar-refractivity contribution is 5.72. The molecule has 1 aromatic heterocycles. The van der Waals surface area contributed by atoms with Crippen molar-refractivity contribution in [3.63, 3.8) is 0 Å². The number of benzene rings is 2. The fourth-order valence-electron chi connectivity index (χ4n) is 1.97. The van der Waals surface area contributed by atoms with E-state index in [1.165, 1.54) is 16.7 Å². The molecule has 0 spiro atoms. The van der Waals surface area contributed by atoms with Crippen LogP contribution in [0.4, 0.5) is 0 Å². The summed E-state index contributed by atoms with van der Waals surface area (Å²) in [5, 5.41) is 0. The molecule has 0 amide bonds. The van der Waals surface area contributed by atoms with Crippen LogP contribution in [-0.4, -0.2) is 4.98 Å². The molecule has 85 valence electrons. The minimum atomic E-state index is 1.12. The van der Waals surface area contributed by atoms with Crippen molar-refractivity contribution in [3.05, 3.63) is 79.1 Å². The van der Waals surface area contributed by atoms with Gasteiger partial charge in [-0.05, 0) is 46.5 Å². The molecule has 0 atom stereocenters. The molecule has 3 aromatic rings. The van der Waals surface area contributed by atoms with Crippen molar-refractivity contribution in [1.82, 2.24) is 4.98 Å². The average molecular weight is 230 g/mol. The molecule has 0 aliphatic heterocycles. The number of pyridine rings is 1. The van der Waals surface area contributed by atoms with Crippen LogP contribution in [0.2, 0.25) is 0 Å². The molecule has 1 nitrogen and oxygen atoms in total. The molecule has 3 rings (SSSR count). The smallest absolute Gasteiger partial charge is 0.0273 e. The van der Waals surface area contributed by atoms with Gasteiger partial charge < -0.3 is 0 Å². The van der Waals surface area contributed by atoms with E-state index in [-0.39, 0.29) is 0 Å². The number of hydrogen-bond donors (Lipinski definition) is 0. The number of nitrogens with zero attached hydrogens (tertiary/aromatic N) is 1. The standard InChI is InChI=1S/C17H12N/c1-2-5-14(6-3-1)16-7-4-8-17(13-16)15-9-11-18-12-10-15/h1-6,8-13H. The number of hydrogen-bond acceptors (Lipinski definition) is 1. The molecule has 2 aromatic carbocycles. The second-order valence-corrected chi connectivity index (χ2v) is 4.09. The third-order valence-corrected chi connectivity index (χ3v) is 2.90. The van der Waals surface area contributed by atoms with Gasteiger partial charge in [-0.15, -0.1) is 0 Å². The van der Waals surface area contributed by atoms with E-state index in [9.17, 15) is 0 Å². The Kier molecular flexibility index (Phi) is 2.89. The molecule has 0 aliphatic rings. The van der Waals surface area contributed by atoms with Crippen LogP contribution in [0.25, 0.3) is 22.3 Å². The topological polar surface area (TPSA) is 12.9 Å². The quantitative estimate of drug-likeness (QED) is 0.642. The van der Waals surface area contributed by atoms with E-state index in [0.717, 1.165) is 5.56 Å². The average Bonchev–Trinajstić information content (AvgIpc) is 2.49. The highest BCUT2D eigenvalue weighted by Crippen LogP contribution is 2.25. The molecule has 0 unspecified atom stereocenters. The first kappa shape index (κ1) is 10.7. The lowest BCUT2D eigenvalue weighted by Crippen LogP contribution is -1.81. The van der Waals surface area contributed by atoms with Crippen LogP contribution in [0.15, 0.2) is 73.1 Å². The number of rotatable bonds is 2. The van der Waals surface area contributed by atoms with Crippen LogP contribution in [0.1, 0.15) is 0 Å². The van der Waals surface area contributed by atoms with Crippen molar-refractivity contribution >= 4 is 0 Å².